The number of anilines is 1. The Bertz CT molecular complexity index is 298. The van der Waals surface area contributed by atoms with Gasteiger partial charge in [0.1, 0.15) is 0 Å². The molecule has 0 bridgehead atoms. The number of pyridine rings is 1. The molecule has 1 aliphatic rings. The van der Waals surface area contributed by atoms with E-state index in [-0.39, 0.29) is 0 Å². The van der Waals surface area contributed by atoms with Crippen molar-refractivity contribution in [2.45, 2.75) is 0 Å². The summed E-state index contributed by atoms with van der Waals surface area (Å²) >= 11 is 0. The highest BCUT2D eigenvalue weighted by atomic mass is 16.5. The van der Waals surface area contributed by atoms with E-state index in [1.807, 2.05) is 12.3 Å². The summed E-state index contributed by atoms with van der Waals surface area (Å²) in [5.41, 5.74) is 1.18. The first-order chi connectivity index (χ1) is 7.86. The number of rotatable bonds is 4. The molecule has 4 nitrogen and oxygen atoms in total. The van der Waals surface area contributed by atoms with Crippen LogP contribution in [0.1, 0.15) is 0 Å². The molecule has 0 amide bonds. The minimum atomic E-state index is 0.872. The number of hydrogen-bond acceptors (Lipinski definition) is 4. The molecule has 88 valence electrons. The van der Waals surface area contributed by atoms with Crippen LogP contribution >= 0.6 is 0 Å². The van der Waals surface area contributed by atoms with Crippen LogP contribution in [0.15, 0.2) is 24.5 Å². The Labute approximate surface area is 96.8 Å². The van der Waals surface area contributed by atoms with Gasteiger partial charge in [-0.25, -0.2) is 0 Å². The van der Waals surface area contributed by atoms with Gasteiger partial charge in [0.15, 0.2) is 0 Å². The van der Waals surface area contributed by atoms with Gasteiger partial charge >= 0.3 is 0 Å². The van der Waals surface area contributed by atoms with Gasteiger partial charge < -0.3 is 9.64 Å². The monoisotopic (exact) mass is 221 g/mol. The van der Waals surface area contributed by atoms with E-state index in [4.69, 9.17) is 4.74 Å². The van der Waals surface area contributed by atoms with E-state index < -0.39 is 0 Å². The van der Waals surface area contributed by atoms with E-state index in [1.165, 1.54) is 5.69 Å². The van der Waals surface area contributed by atoms with Gasteiger partial charge in [0.25, 0.3) is 0 Å². The maximum atomic E-state index is 5.33. The Morgan fingerprint density at radius 2 is 2.25 bits per heavy atom. The van der Waals surface area contributed by atoms with Gasteiger partial charge in [0, 0.05) is 39.4 Å². The number of morpholine rings is 1. The number of aromatic nitrogens is 1. The summed E-state index contributed by atoms with van der Waals surface area (Å²) in [6.45, 7) is 5.98. The molecule has 1 aromatic heterocycles. The average molecular weight is 221 g/mol. The minimum absolute atomic E-state index is 0.872. The number of likely N-dealkylation sites (N-methyl/N-ethyl adjacent to an activating group) is 1. The fourth-order valence-electron chi connectivity index (χ4n) is 1.82. The predicted octanol–water partition coefficient (Wildman–Crippen LogP) is 0.850. The molecular weight excluding hydrogens is 202 g/mol. The summed E-state index contributed by atoms with van der Waals surface area (Å²) in [4.78, 5) is 8.80. The molecule has 1 aromatic rings. The highest BCUT2D eigenvalue weighted by molar-refractivity contribution is 5.42. The van der Waals surface area contributed by atoms with Crippen LogP contribution in [-0.4, -0.2) is 56.3 Å². The molecule has 0 radical (unpaired) electrons. The van der Waals surface area contributed by atoms with Crippen LogP contribution in [0, 0.1) is 0 Å². The average Bonchev–Trinajstić information content (AvgIpc) is 2.38. The van der Waals surface area contributed by atoms with Crippen molar-refractivity contribution in [1.82, 2.24) is 9.88 Å². The molecule has 0 saturated carbocycles. The molecule has 2 heterocycles. The Morgan fingerprint density at radius 3 is 2.94 bits per heavy atom. The second-order valence-electron chi connectivity index (χ2n) is 4.09. The van der Waals surface area contributed by atoms with Crippen LogP contribution in [0.4, 0.5) is 5.69 Å². The van der Waals surface area contributed by atoms with E-state index >= 15 is 0 Å². The van der Waals surface area contributed by atoms with Crippen LogP contribution in [0.3, 0.4) is 0 Å². The van der Waals surface area contributed by atoms with E-state index in [0.717, 1.165) is 39.4 Å². The minimum Gasteiger partial charge on any atom is -0.379 e. The van der Waals surface area contributed by atoms with Crippen LogP contribution in [-0.2, 0) is 4.74 Å². The zero-order valence-electron chi connectivity index (χ0n) is 9.80. The summed E-state index contributed by atoms with van der Waals surface area (Å²) in [7, 11) is 2.11. The quantitative estimate of drug-likeness (QED) is 0.753. The van der Waals surface area contributed by atoms with Gasteiger partial charge in [-0.1, -0.05) is 0 Å². The second kappa shape index (κ2) is 5.82. The standard InChI is InChI=1S/C12H19N3O/c1-14(12-3-2-4-13-11-12)5-6-15-7-9-16-10-8-15/h2-4,11H,5-10H2,1H3. The smallest absolute Gasteiger partial charge is 0.0594 e. The van der Waals surface area contributed by atoms with Gasteiger partial charge in [-0.05, 0) is 12.1 Å². The largest absolute Gasteiger partial charge is 0.379 e. The lowest BCUT2D eigenvalue weighted by atomic mass is 10.3. The normalized spacial score (nSPS) is 17.3. The molecule has 2 rings (SSSR count). The van der Waals surface area contributed by atoms with Gasteiger partial charge in [0.2, 0.25) is 0 Å². The van der Waals surface area contributed by atoms with E-state index in [0.29, 0.717) is 0 Å². The third kappa shape index (κ3) is 3.18. The summed E-state index contributed by atoms with van der Waals surface area (Å²) in [5.74, 6) is 0. The maximum absolute atomic E-state index is 5.33. The Balaban J connectivity index is 1.77. The van der Waals surface area contributed by atoms with Crippen molar-refractivity contribution in [2.24, 2.45) is 0 Å². The topological polar surface area (TPSA) is 28.6 Å². The summed E-state index contributed by atoms with van der Waals surface area (Å²) in [6.07, 6.45) is 3.71. The lowest BCUT2D eigenvalue weighted by Crippen LogP contribution is -2.40. The first kappa shape index (κ1) is 11.4. The van der Waals surface area contributed by atoms with Crippen LogP contribution in [0.5, 0.6) is 0 Å². The third-order valence-corrected chi connectivity index (χ3v) is 2.94. The van der Waals surface area contributed by atoms with E-state index in [2.05, 4.69) is 27.9 Å². The predicted molar refractivity (Wildman–Crippen MR) is 64.8 cm³/mol. The van der Waals surface area contributed by atoms with Crippen molar-refractivity contribution in [2.75, 3.05) is 51.3 Å². The molecule has 1 aliphatic heterocycles. The molecule has 0 aromatic carbocycles. The fraction of sp³-hybridized carbons (Fsp3) is 0.583. The first-order valence-electron chi connectivity index (χ1n) is 5.77. The molecule has 0 spiro atoms. The van der Waals surface area contributed by atoms with Gasteiger partial charge in [-0.15, -0.1) is 0 Å². The molecule has 4 heteroatoms. The molecule has 0 N–H and O–H groups in total. The van der Waals surface area contributed by atoms with Crippen molar-refractivity contribution >= 4 is 5.69 Å². The lowest BCUT2D eigenvalue weighted by Gasteiger charge is -2.29. The molecule has 1 fully saturated rings. The van der Waals surface area contributed by atoms with Crippen molar-refractivity contribution in [3.8, 4) is 0 Å². The Hall–Kier alpha value is -1.13. The van der Waals surface area contributed by atoms with E-state index in [9.17, 15) is 0 Å². The van der Waals surface area contributed by atoms with Crippen molar-refractivity contribution in [1.29, 1.82) is 0 Å². The highest BCUT2D eigenvalue weighted by Gasteiger charge is 2.10. The Kier molecular flexibility index (Phi) is 4.13. The second-order valence-corrected chi connectivity index (χ2v) is 4.09. The number of ether oxygens (including phenoxy) is 1. The van der Waals surface area contributed by atoms with Crippen molar-refractivity contribution < 1.29 is 4.74 Å². The van der Waals surface area contributed by atoms with Gasteiger partial charge in [-0.2, -0.15) is 0 Å². The first-order valence-corrected chi connectivity index (χ1v) is 5.77. The van der Waals surface area contributed by atoms with Crippen LogP contribution < -0.4 is 4.90 Å². The van der Waals surface area contributed by atoms with Crippen LogP contribution in [0.25, 0.3) is 0 Å². The molecular formula is C12H19N3O. The summed E-state index contributed by atoms with van der Waals surface area (Å²) in [5, 5.41) is 0. The number of hydrogen-bond donors (Lipinski definition) is 0. The van der Waals surface area contributed by atoms with Gasteiger partial charge in [0.05, 0.1) is 25.1 Å². The van der Waals surface area contributed by atoms with Crippen molar-refractivity contribution in [3.05, 3.63) is 24.5 Å². The molecule has 0 atom stereocenters. The fourth-order valence-corrected chi connectivity index (χ4v) is 1.82. The zero-order chi connectivity index (χ0) is 11.2. The molecule has 0 unspecified atom stereocenters. The molecule has 1 saturated heterocycles. The maximum Gasteiger partial charge on any atom is 0.0594 e. The Morgan fingerprint density at radius 1 is 1.44 bits per heavy atom. The third-order valence-electron chi connectivity index (χ3n) is 2.94. The summed E-state index contributed by atoms with van der Waals surface area (Å²) < 4.78 is 5.33. The van der Waals surface area contributed by atoms with Crippen LogP contribution in [0.2, 0.25) is 0 Å². The summed E-state index contributed by atoms with van der Waals surface area (Å²) in [6, 6.07) is 4.06. The van der Waals surface area contributed by atoms with E-state index in [1.54, 1.807) is 6.20 Å². The van der Waals surface area contributed by atoms with Crippen molar-refractivity contribution in [3.63, 3.8) is 0 Å². The van der Waals surface area contributed by atoms with Gasteiger partial charge in [-0.3, -0.25) is 9.88 Å². The lowest BCUT2D eigenvalue weighted by molar-refractivity contribution is 0.0393. The molecule has 0 aliphatic carbocycles. The SMILES string of the molecule is CN(CCN1CCOCC1)c1cccnc1. The molecule has 16 heavy (non-hydrogen) atoms. The highest BCUT2D eigenvalue weighted by Crippen LogP contribution is 2.08. The zero-order valence-corrected chi connectivity index (χ0v) is 9.80. The number of nitrogens with zero attached hydrogens (tertiary/aromatic N) is 3.